The van der Waals surface area contributed by atoms with Crippen molar-refractivity contribution < 1.29 is 0 Å². The minimum Gasteiger partial charge on any atom is -0.326 e. The van der Waals surface area contributed by atoms with Crippen molar-refractivity contribution in [3.63, 3.8) is 0 Å². The molecule has 1 aliphatic carbocycles. The quantitative estimate of drug-likeness (QED) is 0.664. The smallest absolute Gasteiger partial charge is 0.0188 e. The summed E-state index contributed by atoms with van der Waals surface area (Å²) < 4.78 is 0. The Morgan fingerprint density at radius 3 is 2.47 bits per heavy atom. The van der Waals surface area contributed by atoms with E-state index in [1.807, 2.05) is 0 Å². The molecule has 0 aliphatic heterocycles. The van der Waals surface area contributed by atoms with Gasteiger partial charge >= 0.3 is 0 Å². The molecule has 0 amide bonds. The highest BCUT2D eigenvalue weighted by Crippen LogP contribution is 2.25. The van der Waals surface area contributed by atoms with Gasteiger partial charge in [0.15, 0.2) is 0 Å². The Morgan fingerprint density at radius 1 is 1.20 bits per heavy atom. The molecule has 15 heavy (non-hydrogen) atoms. The fourth-order valence-electron chi connectivity index (χ4n) is 2.29. The summed E-state index contributed by atoms with van der Waals surface area (Å²) >= 11 is 0. The van der Waals surface area contributed by atoms with E-state index >= 15 is 0 Å². The monoisotopic (exact) mass is 212 g/mol. The summed E-state index contributed by atoms with van der Waals surface area (Å²) in [5.41, 5.74) is 5.97. The van der Waals surface area contributed by atoms with Gasteiger partial charge in [-0.15, -0.1) is 0 Å². The summed E-state index contributed by atoms with van der Waals surface area (Å²) in [5.74, 6) is 1.58. The Hall–Kier alpha value is -0.0800. The van der Waals surface area contributed by atoms with Crippen molar-refractivity contribution in [2.45, 2.75) is 58.4 Å². The zero-order valence-electron chi connectivity index (χ0n) is 10.5. The molecule has 1 fully saturated rings. The van der Waals surface area contributed by atoms with E-state index in [1.165, 1.54) is 38.5 Å². The fraction of sp³-hybridized carbons (Fsp3) is 1.00. The number of rotatable bonds is 6. The predicted octanol–water partition coefficient (Wildman–Crippen LogP) is 2.53. The molecule has 0 aromatic heterocycles. The molecule has 2 nitrogen and oxygen atoms in total. The van der Waals surface area contributed by atoms with Crippen LogP contribution in [0, 0.1) is 11.8 Å². The molecule has 1 atom stereocenters. The summed E-state index contributed by atoms with van der Waals surface area (Å²) in [4.78, 5) is 0. The fourth-order valence-corrected chi connectivity index (χ4v) is 2.29. The Balaban J connectivity index is 1.96. The molecule has 1 aliphatic rings. The van der Waals surface area contributed by atoms with Crippen LogP contribution in [0.1, 0.15) is 52.4 Å². The van der Waals surface area contributed by atoms with Crippen molar-refractivity contribution >= 4 is 0 Å². The Kier molecular flexibility index (Phi) is 6.26. The van der Waals surface area contributed by atoms with Gasteiger partial charge in [0, 0.05) is 12.6 Å². The van der Waals surface area contributed by atoms with Gasteiger partial charge in [-0.2, -0.15) is 0 Å². The van der Waals surface area contributed by atoms with Crippen LogP contribution >= 0.6 is 0 Å². The lowest BCUT2D eigenvalue weighted by Gasteiger charge is -2.22. The Labute approximate surface area is 95.0 Å². The lowest BCUT2D eigenvalue weighted by atomic mass is 9.87. The van der Waals surface area contributed by atoms with Crippen molar-refractivity contribution in [2.24, 2.45) is 17.6 Å². The summed E-state index contributed by atoms with van der Waals surface area (Å²) in [5, 5.41) is 3.49. The minimum atomic E-state index is 0.316. The first-order valence-corrected chi connectivity index (χ1v) is 6.66. The molecule has 90 valence electrons. The zero-order valence-corrected chi connectivity index (χ0v) is 10.5. The average Bonchev–Trinajstić information content (AvgIpc) is 2.25. The predicted molar refractivity (Wildman–Crippen MR) is 66.9 cm³/mol. The van der Waals surface area contributed by atoms with Gasteiger partial charge in [0.05, 0.1) is 0 Å². The first kappa shape index (κ1) is 13.0. The van der Waals surface area contributed by atoms with Crippen LogP contribution in [0.3, 0.4) is 0 Å². The molecule has 3 N–H and O–H groups in total. The molecule has 2 heteroatoms. The highest BCUT2D eigenvalue weighted by molar-refractivity contribution is 4.70. The zero-order chi connectivity index (χ0) is 11.1. The molecule has 1 rings (SSSR count). The topological polar surface area (TPSA) is 38.0 Å². The highest BCUT2D eigenvalue weighted by atomic mass is 14.9. The van der Waals surface area contributed by atoms with Crippen LogP contribution in [-0.4, -0.2) is 19.1 Å². The van der Waals surface area contributed by atoms with E-state index in [2.05, 4.69) is 19.2 Å². The Bertz CT molecular complexity index is 151. The second-order valence-corrected chi connectivity index (χ2v) is 5.40. The highest BCUT2D eigenvalue weighted by Gasteiger charge is 2.13. The van der Waals surface area contributed by atoms with Crippen molar-refractivity contribution in [2.75, 3.05) is 13.1 Å². The minimum absolute atomic E-state index is 0.316. The molecule has 1 saturated carbocycles. The maximum atomic E-state index is 5.97. The summed E-state index contributed by atoms with van der Waals surface area (Å²) in [6.07, 6.45) is 8.63. The van der Waals surface area contributed by atoms with Crippen LogP contribution in [0.5, 0.6) is 0 Å². The van der Waals surface area contributed by atoms with Crippen LogP contribution in [0.25, 0.3) is 0 Å². The standard InChI is InChI=1S/C13H28N2/c1-11(2)13(14)10-15-9-8-12-6-4-3-5-7-12/h11-13,15H,3-10,14H2,1-2H3. The second kappa shape index (κ2) is 7.24. The maximum Gasteiger partial charge on any atom is 0.0188 e. The summed E-state index contributed by atoms with van der Waals surface area (Å²) in [6, 6.07) is 0.316. The van der Waals surface area contributed by atoms with Gasteiger partial charge in [0.1, 0.15) is 0 Å². The third-order valence-electron chi connectivity index (χ3n) is 3.69. The van der Waals surface area contributed by atoms with E-state index in [1.54, 1.807) is 0 Å². The van der Waals surface area contributed by atoms with Gasteiger partial charge in [0.25, 0.3) is 0 Å². The van der Waals surface area contributed by atoms with Crippen molar-refractivity contribution in [1.82, 2.24) is 5.32 Å². The molecule has 0 radical (unpaired) electrons. The molecule has 0 aromatic carbocycles. The molecular weight excluding hydrogens is 184 g/mol. The number of nitrogens with one attached hydrogen (secondary N) is 1. The Morgan fingerprint density at radius 2 is 1.87 bits per heavy atom. The lowest BCUT2D eigenvalue weighted by Crippen LogP contribution is -2.38. The van der Waals surface area contributed by atoms with E-state index in [0.29, 0.717) is 12.0 Å². The van der Waals surface area contributed by atoms with Crippen LogP contribution in [0.2, 0.25) is 0 Å². The van der Waals surface area contributed by atoms with Crippen LogP contribution in [0.15, 0.2) is 0 Å². The van der Waals surface area contributed by atoms with Crippen LogP contribution < -0.4 is 11.1 Å². The SMILES string of the molecule is CC(C)C(N)CNCCC1CCCCC1. The van der Waals surface area contributed by atoms with E-state index < -0.39 is 0 Å². The van der Waals surface area contributed by atoms with Gasteiger partial charge in [0.2, 0.25) is 0 Å². The van der Waals surface area contributed by atoms with Gasteiger partial charge in [-0.25, -0.2) is 0 Å². The summed E-state index contributed by atoms with van der Waals surface area (Å²) in [6.45, 7) is 6.51. The largest absolute Gasteiger partial charge is 0.326 e. The van der Waals surface area contributed by atoms with Gasteiger partial charge in [-0.3, -0.25) is 0 Å². The van der Waals surface area contributed by atoms with Gasteiger partial charge < -0.3 is 11.1 Å². The lowest BCUT2D eigenvalue weighted by molar-refractivity contribution is 0.330. The average molecular weight is 212 g/mol. The number of nitrogens with two attached hydrogens (primary N) is 1. The third-order valence-corrected chi connectivity index (χ3v) is 3.69. The van der Waals surface area contributed by atoms with Crippen molar-refractivity contribution in [1.29, 1.82) is 0 Å². The molecule has 0 heterocycles. The summed E-state index contributed by atoms with van der Waals surface area (Å²) in [7, 11) is 0. The molecule has 0 saturated heterocycles. The number of hydrogen-bond donors (Lipinski definition) is 2. The maximum absolute atomic E-state index is 5.97. The van der Waals surface area contributed by atoms with E-state index in [-0.39, 0.29) is 0 Å². The van der Waals surface area contributed by atoms with E-state index in [9.17, 15) is 0 Å². The van der Waals surface area contributed by atoms with Crippen molar-refractivity contribution in [3.05, 3.63) is 0 Å². The first-order chi connectivity index (χ1) is 7.20. The third kappa shape index (κ3) is 5.53. The van der Waals surface area contributed by atoms with E-state index in [0.717, 1.165) is 19.0 Å². The van der Waals surface area contributed by atoms with Crippen LogP contribution in [-0.2, 0) is 0 Å². The first-order valence-electron chi connectivity index (χ1n) is 6.66. The van der Waals surface area contributed by atoms with Gasteiger partial charge in [-0.1, -0.05) is 46.0 Å². The van der Waals surface area contributed by atoms with Crippen molar-refractivity contribution in [3.8, 4) is 0 Å². The number of hydrogen-bond acceptors (Lipinski definition) is 2. The normalized spacial score (nSPS) is 20.8. The molecule has 1 unspecified atom stereocenters. The van der Waals surface area contributed by atoms with Gasteiger partial charge in [-0.05, 0) is 24.8 Å². The van der Waals surface area contributed by atoms with E-state index in [4.69, 9.17) is 5.73 Å². The molecular formula is C13H28N2. The second-order valence-electron chi connectivity index (χ2n) is 5.40. The molecule has 0 spiro atoms. The molecule has 0 bridgehead atoms. The van der Waals surface area contributed by atoms with Crippen LogP contribution in [0.4, 0.5) is 0 Å². The molecule has 0 aromatic rings.